The van der Waals surface area contributed by atoms with E-state index in [1.54, 1.807) is 33.3 Å². The highest BCUT2D eigenvalue weighted by molar-refractivity contribution is 5.80. The van der Waals surface area contributed by atoms with Crippen LogP contribution in [0.5, 0.6) is 11.5 Å². The summed E-state index contributed by atoms with van der Waals surface area (Å²) in [6.45, 7) is 1.63. The van der Waals surface area contributed by atoms with E-state index in [-0.39, 0.29) is 0 Å². The molecular weight excluding hydrogens is 234 g/mol. The SMILES string of the molecule is COC(=O)C(C)(N)Cc1ccc(OC)c(OC)c1. The molecule has 0 aliphatic carbocycles. The normalized spacial score (nSPS) is 13.6. The molecule has 5 nitrogen and oxygen atoms in total. The Morgan fingerprint density at radius 3 is 2.33 bits per heavy atom. The number of rotatable bonds is 5. The van der Waals surface area contributed by atoms with E-state index in [2.05, 4.69) is 4.74 Å². The van der Waals surface area contributed by atoms with Crippen molar-refractivity contribution in [3.8, 4) is 11.5 Å². The summed E-state index contributed by atoms with van der Waals surface area (Å²) in [5.74, 6) is 0.797. The lowest BCUT2D eigenvalue weighted by molar-refractivity contribution is -0.146. The highest BCUT2D eigenvalue weighted by atomic mass is 16.5. The third kappa shape index (κ3) is 3.13. The maximum absolute atomic E-state index is 11.5. The third-order valence-corrected chi connectivity index (χ3v) is 2.67. The van der Waals surface area contributed by atoms with E-state index in [0.717, 1.165) is 5.56 Å². The van der Waals surface area contributed by atoms with Gasteiger partial charge in [0.1, 0.15) is 5.54 Å². The van der Waals surface area contributed by atoms with Gasteiger partial charge < -0.3 is 19.9 Å². The number of esters is 1. The van der Waals surface area contributed by atoms with E-state index in [9.17, 15) is 4.79 Å². The average molecular weight is 253 g/mol. The van der Waals surface area contributed by atoms with Crippen LogP contribution >= 0.6 is 0 Å². The summed E-state index contributed by atoms with van der Waals surface area (Å²) in [4.78, 5) is 11.5. The van der Waals surface area contributed by atoms with Crippen LogP contribution in [0.4, 0.5) is 0 Å². The van der Waals surface area contributed by atoms with Crippen LogP contribution < -0.4 is 15.2 Å². The Morgan fingerprint density at radius 2 is 1.83 bits per heavy atom. The molecule has 0 fully saturated rings. The van der Waals surface area contributed by atoms with Crippen molar-refractivity contribution < 1.29 is 19.0 Å². The van der Waals surface area contributed by atoms with Crippen molar-refractivity contribution in [2.24, 2.45) is 5.73 Å². The highest BCUT2D eigenvalue weighted by Gasteiger charge is 2.29. The second kappa shape index (κ2) is 5.73. The van der Waals surface area contributed by atoms with E-state index in [1.807, 2.05) is 6.07 Å². The molecule has 0 bridgehead atoms. The minimum absolute atomic E-state index is 0.361. The summed E-state index contributed by atoms with van der Waals surface area (Å²) in [7, 11) is 4.45. The molecule has 0 amide bonds. The fraction of sp³-hybridized carbons (Fsp3) is 0.462. The number of benzene rings is 1. The average Bonchev–Trinajstić information content (AvgIpc) is 2.36. The first-order valence-corrected chi connectivity index (χ1v) is 5.53. The summed E-state index contributed by atoms with van der Waals surface area (Å²) < 4.78 is 15.0. The van der Waals surface area contributed by atoms with E-state index < -0.39 is 11.5 Å². The predicted octanol–water partition coefficient (Wildman–Crippen LogP) is 1.14. The van der Waals surface area contributed by atoms with Gasteiger partial charge in [0.25, 0.3) is 0 Å². The first-order chi connectivity index (χ1) is 8.44. The fourth-order valence-electron chi connectivity index (χ4n) is 1.72. The highest BCUT2D eigenvalue weighted by Crippen LogP contribution is 2.28. The van der Waals surface area contributed by atoms with E-state index in [1.165, 1.54) is 7.11 Å². The van der Waals surface area contributed by atoms with Gasteiger partial charge in [-0.3, -0.25) is 4.79 Å². The van der Waals surface area contributed by atoms with Crippen LogP contribution in [0.15, 0.2) is 18.2 Å². The molecule has 0 saturated heterocycles. The number of methoxy groups -OCH3 is 3. The molecule has 0 aliphatic heterocycles. The Balaban J connectivity index is 2.95. The van der Waals surface area contributed by atoms with Crippen molar-refractivity contribution in [2.75, 3.05) is 21.3 Å². The van der Waals surface area contributed by atoms with Gasteiger partial charge in [-0.25, -0.2) is 0 Å². The van der Waals surface area contributed by atoms with Crippen molar-refractivity contribution in [1.82, 2.24) is 0 Å². The standard InChI is InChI=1S/C13H19NO4/c1-13(14,12(15)18-4)8-9-5-6-10(16-2)11(7-9)17-3/h5-7H,8,14H2,1-4H3. The lowest BCUT2D eigenvalue weighted by Gasteiger charge is -2.21. The monoisotopic (exact) mass is 253 g/mol. The maximum Gasteiger partial charge on any atom is 0.325 e. The van der Waals surface area contributed by atoms with Crippen molar-refractivity contribution >= 4 is 5.97 Å². The molecule has 1 rings (SSSR count). The van der Waals surface area contributed by atoms with Crippen LogP contribution in [0.3, 0.4) is 0 Å². The predicted molar refractivity (Wildman–Crippen MR) is 67.9 cm³/mol. The number of nitrogens with two attached hydrogens (primary N) is 1. The van der Waals surface area contributed by atoms with Crippen LogP contribution in [0, 0.1) is 0 Å². The molecule has 0 aromatic heterocycles. The molecular formula is C13H19NO4. The third-order valence-electron chi connectivity index (χ3n) is 2.67. The Morgan fingerprint density at radius 1 is 1.22 bits per heavy atom. The lowest BCUT2D eigenvalue weighted by atomic mass is 9.94. The van der Waals surface area contributed by atoms with Crippen molar-refractivity contribution in [3.63, 3.8) is 0 Å². The summed E-state index contributed by atoms with van der Waals surface area (Å²) in [6.07, 6.45) is 0.361. The summed E-state index contributed by atoms with van der Waals surface area (Å²) >= 11 is 0. The summed E-state index contributed by atoms with van der Waals surface area (Å²) in [5, 5.41) is 0. The first kappa shape index (κ1) is 14.3. The topological polar surface area (TPSA) is 70.8 Å². The second-order valence-electron chi connectivity index (χ2n) is 4.28. The van der Waals surface area contributed by atoms with Gasteiger partial charge in [0.2, 0.25) is 0 Å². The minimum atomic E-state index is -1.06. The van der Waals surface area contributed by atoms with Crippen molar-refractivity contribution in [1.29, 1.82) is 0 Å². The minimum Gasteiger partial charge on any atom is -0.493 e. The molecule has 0 spiro atoms. The maximum atomic E-state index is 11.5. The number of hydrogen-bond donors (Lipinski definition) is 1. The summed E-state index contributed by atoms with van der Waals surface area (Å²) in [6, 6.07) is 5.42. The van der Waals surface area contributed by atoms with Crippen LogP contribution in [0.25, 0.3) is 0 Å². The molecule has 18 heavy (non-hydrogen) atoms. The van der Waals surface area contributed by atoms with Gasteiger partial charge in [0.05, 0.1) is 21.3 Å². The molecule has 0 saturated carbocycles. The Hall–Kier alpha value is -1.75. The number of ether oxygens (including phenoxy) is 3. The van der Waals surface area contributed by atoms with Gasteiger partial charge in [-0.05, 0) is 24.6 Å². The molecule has 1 aromatic rings. The second-order valence-corrected chi connectivity index (χ2v) is 4.28. The van der Waals surface area contributed by atoms with Gasteiger partial charge >= 0.3 is 5.97 Å². The van der Waals surface area contributed by atoms with Gasteiger partial charge in [-0.2, -0.15) is 0 Å². The summed E-state index contributed by atoms with van der Waals surface area (Å²) in [5.41, 5.74) is 5.73. The molecule has 100 valence electrons. The zero-order valence-electron chi connectivity index (χ0n) is 11.1. The first-order valence-electron chi connectivity index (χ1n) is 5.53. The Bertz CT molecular complexity index is 429. The quantitative estimate of drug-likeness (QED) is 0.797. The number of carbonyl (C=O) groups excluding carboxylic acids is 1. The molecule has 0 radical (unpaired) electrons. The van der Waals surface area contributed by atoms with Crippen LogP contribution in [0.2, 0.25) is 0 Å². The van der Waals surface area contributed by atoms with E-state index in [0.29, 0.717) is 17.9 Å². The molecule has 5 heteroatoms. The molecule has 2 N–H and O–H groups in total. The molecule has 1 aromatic carbocycles. The fourth-order valence-corrected chi connectivity index (χ4v) is 1.72. The van der Waals surface area contributed by atoms with Gasteiger partial charge in [-0.15, -0.1) is 0 Å². The van der Waals surface area contributed by atoms with Gasteiger partial charge in [0, 0.05) is 6.42 Å². The van der Waals surface area contributed by atoms with Crippen LogP contribution in [0.1, 0.15) is 12.5 Å². The van der Waals surface area contributed by atoms with Crippen LogP contribution in [-0.4, -0.2) is 32.8 Å². The van der Waals surface area contributed by atoms with Gasteiger partial charge in [-0.1, -0.05) is 6.07 Å². The smallest absolute Gasteiger partial charge is 0.325 e. The zero-order chi connectivity index (χ0) is 13.8. The Labute approximate surface area is 107 Å². The van der Waals surface area contributed by atoms with Crippen molar-refractivity contribution in [3.05, 3.63) is 23.8 Å². The molecule has 0 aliphatic rings. The van der Waals surface area contributed by atoms with E-state index in [4.69, 9.17) is 15.2 Å². The van der Waals surface area contributed by atoms with E-state index >= 15 is 0 Å². The zero-order valence-corrected chi connectivity index (χ0v) is 11.1. The number of carbonyl (C=O) groups is 1. The molecule has 0 heterocycles. The van der Waals surface area contributed by atoms with Crippen molar-refractivity contribution in [2.45, 2.75) is 18.9 Å². The Kier molecular flexibility index (Phi) is 4.55. The molecule has 1 atom stereocenters. The van der Waals surface area contributed by atoms with Crippen LogP contribution in [-0.2, 0) is 16.0 Å². The largest absolute Gasteiger partial charge is 0.493 e. The molecule has 1 unspecified atom stereocenters. The van der Waals surface area contributed by atoms with Gasteiger partial charge in [0.15, 0.2) is 11.5 Å². The number of hydrogen-bond acceptors (Lipinski definition) is 5. The lowest BCUT2D eigenvalue weighted by Crippen LogP contribution is -2.47.